The van der Waals surface area contributed by atoms with E-state index in [9.17, 15) is 17.6 Å². The van der Waals surface area contributed by atoms with E-state index in [0.717, 1.165) is 19.2 Å². The lowest BCUT2D eigenvalue weighted by atomic mass is 10.1. The quantitative estimate of drug-likeness (QED) is 0.797. The Bertz CT molecular complexity index is 1060. The average Bonchev–Trinajstić information content (AvgIpc) is 2.69. The highest BCUT2D eigenvalue weighted by molar-refractivity contribution is 7.96. The largest absolute Gasteiger partial charge is 0.367 e. The van der Waals surface area contributed by atoms with Gasteiger partial charge in [0, 0.05) is 37.9 Å². The van der Waals surface area contributed by atoms with Gasteiger partial charge in [0.05, 0.1) is 16.3 Å². The first kappa shape index (κ1) is 18.6. The van der Waals surface area contributed by atoms with Gasteiger partial charge in [0.1, 0.15) is 10.7 Å². The van der Waals surface area contributed by atoms with Gasteiger partial charge in [-0.1, -0.05) is 30.3 Å². The molecule has 146 valence electrons. The van der Waals surface area contributed by atoms with E-state index < -0.39 is 26.3 Å². The Balaban J connectivity index is 1.70. The number of anilines is 2. The number of Topliss-reactive ketones (excluding diaryl/α,β-unsaturated/α-hetero) is 1. The van der Waals surface area contributed by atoms with Gasteiger partial charge in [0.15, 0.2) is 0 Å². The van der Waals surface area contributed by atoms with Crippen molar-refractivity contribution in [3.63, 3.8) is 0 Å². The molecule has 2 aliphatic heterocycles. The van der Waals surface area contributed by atoms with Crippen molar-refractivity contribution in [3.05, 3.63) is 65.0 Å². The molecule has 0 bridgehead atoms. The molecule has 0 saturated carbocycles. The van der Waals surface area contributed by atoms with E-state index in [-0.39, 0.29) is 16.1 Å². The van der Waals surface area contributed by atoms with Crippen LogP contribution in [0.1, 0.15) is 10.4 Å². The monoisotopic (exact) mass is 401 g/mol. The summed E-state index contributed by atoms with van der Waals surface area (Å²) in [6, 6.07) is 10.7. The van der Waals surface area contributed by atoms with Gasteiger partial charge in [-0.2, -0.15) is 0 Å². The molecule has 0 radical (unpaired) electrons. The molecule has 0 unspecified atom stereocenters. The number of fused-ring (bicyclic) bond motifs is 1. The molecule has 4 rings (SSSR count). The first-order valence-electron chi connectivity index (χ1n) is 8.96. The number of sulfone groups is 1. The van der Waals surface area contributed by atoms with Crippen LogP contribution in [-0.2, 0) is 9.84 Å². The summed E-state index contributed by atoms with van der Waals surface area (Å²) in [6.07, 6.45) is 1.19. The highest BCUT2D eigenvalue weighted by Crippen LogP contribution is 2.37. The summed E-state index contributed by atoms with van der Waals surface area (Å²) >= 11 is 0. The fourth-order valence-corrected chi connectivity index (χ4v) is 4.91. The van der Waals surface area contributed by atoms with Gasteiger partial charge in [-0.25, -0.2) is 12.8 Å². The fraction of sp³-hybridized carbons (Fsp3) is 0.250. The molecule has 1 fully saturated rings. The van der Waals surface area contributed by atoms with Gasteiger partial charge in [-0.05, 0) is 19.2 Å². The third kappa shape index (κ3) is 3.18. The lowest BCUT2D eigenvalue weighted by molar-refractivity contribution is 0.104. The molecule has 2 aromatic rings. The third-order valence-corrected chi connectivity index (χ3v) is 6.89. The summed E-state index contributed by atoms with van der Waals surface area (Å²) < 4.78 is 40.8. The number of benzene rings is 2. The molecule has 0 atom stereocenters. The van der Waals surface area contributed by atoms with Crippen LogP contribution >= 0.6 is 0 Å². The molecule has 0 spiro atoms. The molecular formula is C20H20FN3O3S. The molecule has 0 amide bonds. The Morgan fingerprint density at radius 3 is 2.43 bits per heavy atom. The second-order valence-corrected chi connectivity index (χ2v) is 8.83. The van der Waals surface area contributed by atoms with Crippen molar-refractivity contribution >= 4 is 27.0 Å². The van der Waals surface area contributed by atoms with Gasteiger partial charge >= 0.3 is 0 Å². The molecule has 0 aromatic heterocycles. The number of hydrogen-bond donors (Lipinski definition) is 1. The highest BCUT2D eigenvalue weighted by Gasteiger charge is 2.34. The van der Waals surface area contributed by atoms with Crippen LogP contribution < -0.4 is 10.2 Å². The molecule has 2 heterocycles. The Kier molecular flexibility index (Phi) is 4.68. The van der Waals surface area contributed by atoms with Crippen molar-refractivity contribution in [2.75, 3.05) is 43.4 Å². The second-order valence-electron chi connectivity index (χ2n) is 6.94. The molecular weight excluding hydrogens is 381 g/mol. The number of rotatable bonds is 3. The van der Waals surface area contributed by atoms with E-state index in [1.54, 1.807) is 30.3 Å². The predicted molar refractivity (Wildman–Crippen MR) is 106 cm³/mol. The van der Waals surface area contributed by atoms with Crippen molar-refractivity contribution in [2.45, 2.75) is 4.90 Å². The van der Waals surface area contributed by atoms with E-state index in [2.05, 4.69) is 10.2 Å². The summed E-state index contributed by atoms with van der Waals surface area (Å²) in [5.74, 6) is -1.23. The van der Waals surface area contributed by atoms with E-state index in [4.69, 9.17) is 0 Å². The maximum atomic E-state index is 14.8. The Labute approximate surface area is 163 Å². The van der Waals surface area contributed by atoms with E-state index >= 15 is 0 Å². The number of nitrogens with zero attached hydrogens (tertiary/aromatic N) is 2. The van der Waals surface area contributed by atoms with E-state index in [1.165, 1.54) is 12.3 Å². The van der Waals surface area contributed by atoms with Crippen molar-refractivity contribution in [1.29, 1.82) is 0 Å². The summed E-state index contributed by atoms with van der Waals surface area (Å²) in [5, 5.41) is 2.87. The fourth-order valence-electron chi connectivity index (χ4n) is 3.43. The molecule has 28 heavy (non-hydrogen) atoms. The van der Waals surface area contributed by atoms with Crippen molar-refractivity contribution in [1.82, 2.24) is 4.90 Å². The van der Waals surface area contributed by atoms with Crippen LogP contribution in [0, 0.1) is 5.82 Å². The van der Waals surface area contributed by atoms with E-state index in [1.807, 2.05) is 11.9 Å². The van der Waals surface area contributed by atoms with Crippen LogP contribution in [0.4, 0.5) is 15.8 Å². The maximum Gasteiger partial charge on any atom is 0.214 e. The topological polar surface area (TPSA) is 69.7 Å². The Morgan fingerprint density at radius 1 is 1.07 bits per heavy atom. The number of likely N-dealkylation sites (N-methyl/N-ethyl adjacent to an activating group) is 1. The number of piperazine rings is 1. The summed E-state index contributed by atoms with van der Waals surface area (Å²) in [4.78, 5) is 16.1. The smallest absolute Gasteiger partial charge is 0.214 e. The first-order chi connectivity index (χ1) is 13.4. The molecule has 2 aliphatic rings. The number of carbonyl (C=O) groups excluding carboxylic acids is 1. The molecule has 0 aliphatic carbocycles. The van der Waals surface area contributed by atoms with Crippen LogP contribution in [0.5, 0.6) is 0 Å². The molecule has 8 heteroatoms. The highest BCUT2D eigenvalue weighted by atomic mass is 32.2. The summed E-state index contributed by atoms with van der Waals surface area (Å²) in [7, 11) is -2.12. The van der Waals surface area contributed by atoms with Crippen LogP contribution in [0.15, 0.2) is 58.5 Å². The lowest BCUT2D eigenvalue weighted by Crippen LogP contribution is -2.44. The van der Waals surface area contributed by atoms with Gasteiger partial charge in [-0.15, -0.1) is 0 Å². The molecule has 6 nitrogen and oxygen atoms in total. The Morgan fingerprint density at radius 2 is 1.75 bits per heavy atom. The van der Waals surface area contributed by atoms with E-state index in [0.29, 0.717) is 18.8 Å². The SMILES string of the molecule is CN1CCN(c2cc3c(cc2F)S(=O)(=O)C(C(=O)c2ccccc2)=CN3)CC1. The van der Waals surface area contributed by atoms with Crippen molar-refractivity contribution < 1.29 is 17.6 Å². The lowest BCUT2D eigenvalue weighted by Gasteiger charge is -2.34. The minimum atomic E-state index is -4.13. The number of carbonyl (C=O) groups is 1. The third-order valence-electron chi connectivity index (χ3n) is 5.09. The van der Waals surface area contributed by atoms with Crippen molar-refractivity contribution in [3.8, 4) is 0 Å². The minimum Gasteiger partial charge on any atom is -0.367 e. The number of halogens is 1. The maximum absolute atomic E-state index is 14.8. The number of hydrogen-bond acceptors (Lipinski definition) is 6. The van der Waals surface area contributed by atoms with Crippen LogP contribution in [0.25, 0.3) is 0 Å². The molecule has 2 aromatic carbocycles. The number of nitrogens with one attached hydrogen (secondary N) is 1. The van der Waals surface area contributed by atoms with Gasteiger partial charge in [0.25, 0.3) is 0 Å². The van der Waals surface area contributed by atoms with Crippen LogP contribution in [0.2, 0.25) is 0 Å². The predicted octanol–water partition coefficient (Wildman–Crippen LogP) is 2.50. The van der Waals surface area contributed by atoms with Gasteiger partial charge < -0.3 is 15.1 Å². The molecule has 1 saturated heterocycles. The normalized spacial score (nSPS) is 18.8. The minimum absolute atomic E-state index is 0.218. The standard InChI is InChI=1S/C20H20FN3O3S/c1-23-7-9-24(10-8-23)17-12-16-18(11-15(17)21)28(26,27)19(13-22-16)20(25)14-5-3-2-4-6-14/h2-6,11-13,22H,7-10H2,1H3. The zero-order valence-electron chi connectivity index (χ0n) is 15.4. The Hall–Kier alpha value is -2.71. The first-order valence-corrected chi connectivity index (χ1v) is 10.4. The van der Waals surface area contributed by atoms with Gasteiger partial charge in [0.2, 0.25) is 15.6 Å². The van der Waals surface area contributed by atoms with Crippen LogP contribution in [-0.4, -0.2) is 52.3 Å². The van der Waals surface area contributed by atoms with Crippen LogP contribution in [0.3, 0.4) is 0 Å². The average molecular weight is 401 g/mol. The van der Waals surface area contributed by atoms with Gasteiger partial charge in [-0.3, -0.25) is 4.79 Å². The summed E-state index contributed by atoms with van der Waals surface area (Å²) in [5.41, 5.74) is 0.901. The zero-order chi connectivity index (χ0) is 19.9. The number of ketones is 1. The van der Waals surface area contributed by atoms with Crippen molar-refractivity contribution in [2.24, 2.45) is 0 Å². The summed E-state index contributed by atoms with van der Waals surface area (Å²) in [6.45, 7) is 2.93. The molecule has 1 N–H and O–H groups in total. The second kappa shape index (κ2) is 7.03. The number of allylic oxidation sites excluding steroid dienone is 1. The zero-order valence-corrected chi connectivity index (χ0v) is 16.2.